The first kappa shape index (κ1) is 11.3. The number of hydrogen-bond donors (Lipinski definition) is 1. The largest absolute Gasteiger partial charge is 0.354 e. The third-order valence-corrected chi connectivity index (χ3v) is 4.48. The maximum atomic E-state index is 11.9. The van der Waals surface area contributed by atoms with Crippen molar-refractivity contribution in [1.82, 2.24) is 5.32 Å². The van der Waals surface area contributed by atoms with E-state index in [0.29, 0.717) is 18.4 Å². The molecule has 15 heavy (non-hydrogen) atoms. The van der Waals surface area contributed by atoms with E-state index in [2.05, 4.69) is 5.32 Å². The molecule has 4 unspecified atom stereocenters. The Morgan fingerprint density at radius 2 is 2.27 bits per heavy atom. The zero-order chi connectivity index (χ0) is 10.8. The Bertz CT molecular complexity index is 244. The van der Waals surface area contributed by atoms with Crippen LogP contribution in [0.1, 0.15) is 39.0 Å². The molecule has 1 N–H and O–H groups in total. The summed E-state index contributed by atoms with van der Waals surface area (Å²) in [6.07, 6.45) is 5.94. The van der Waals surface area contributed by atoms with E-state index in [1.54, 1.807) is 0 Å². The van der Waals surface area contributed by atoms with Gasteiger partial charge in [0.05, 0.1) is 5.38 Å². The Morgan fingerprint density at radius 3 is 2.80 bits per heavy atom. The van der Waals surface area contributed by atoms with E-state index >= 15 is 0 Å². The van der Waals surface area contributed by atoms with Crippen LogP contribution in [0.3, 0.4) is 0 Å². The van der Waals surface area contributed by atoms with Crippen molar-refractivity contribution < 1.29 is 4.79 Å². The lowest BCUT2D eigenvalue weighted by atomic mass is 9.88. The molecule has 4 atom stereocenters. The van der Waals surface area contributed by atoms with E-state index < -0.39 is 0 Å². The van der Waals surface area contributed by atoms with Gasteiger partial charge in [0.1, 0.15) is 0 Å². The molecule has 0 aromatic rings. The fourth-order valence-electron chi connectivity index (χ4n) is 3.05. The second kappa shape index (κ2) is 4.73. The number of alkyl halides is 1. The van der Waals surface area contributed by atoms with Crippen molar-refractivity contribution in [2.24, 2.45) is 17.8 Å². The molecule has 2 aliphatic carbocycles. The molecule has 2 saturated carbocycles. The summed E-state index contributed by atoms with van der Waals surface area (Å²) in [5.41, 5.74) is 0. The number of fused-ring (bicyclic) bond motifs is 2. The quantitative estimate of drug-likeness (QED) is 0.738. The first-order chi connectivity index (χ1) is 7.20. The second-order valence-corrected chi connectivity index (χ2v) is 5.65. The van der Waals surface area contributed by atoms with Gasteiger partial charge in [0, 0.05) is 12.5 Å². The van der Waals surface area contributed by atoms with Gasteiger partial charge < -0.3 is 5.32 Å². The van der Waals surface area contributed by atoms with Crippen molar-refractivity contribution in [3.63, 3.8) is 0 Å². The topological polar surface area (TPSA) is 29.1 Å². The normalized spacial score (nSPS) is 35.5. The molecule has 0 aromatic carbocycles. The molecule has 0 radical (unpaired) electrons. The molecule has 86 valence electrons. The van der Waals surface area contributed by atoms with Crippen molar-refractivity contribution in [2.45, 2.75) is 44.4 Å². The maximum Gasteiger partial charge on any atom is 0.223 e. The molecular weight excluding hydrogens is 210 g/mol. The van der Waals surface area contributed by atoms with Gasteiger partial charge in [-0.05, 0) is 37.5 Å². The van der Waals surface area contributed by atoms with Crippen LogP contribution in [0.15, 0.2) is 0 Å². The molecule has 2 rings (SSSR count). The molecule has 0 heterocycles. The van der Waals surface area contributed by atoms with Crippen LogP contribution in [0, 0.1) is 17.8 Å². The molecule has 2 bridgehead atoms. The average Bonchev–Trinajstić information content (AvgIpc) is 2.86. The van der Waals surface area contributed by atoms with E-state index in [9.17, 15) is 4.79 Å². The molecule has 2 fully saturated rings. The van der Waals surface area contributed by atoms with Gasteiger partial charge in [-0.2, -0.15) is 0 Å². The van der Waals surface area contributed by atoms with Gasteiger partial charge in [-0.25, -0.2) is 0 Å². The third-order valence-electron chi connectivity index (χ3n) is 4.02. The zero-order valence-electron chi connectivity index (χ0n) is 9.34. The Kier molecular flexibility index (Phi) is 3.55. The van der Waals surface area contributed by atoms with Gasteiger partial charge in [-0.15, -0.1) is 11.6 Å². The number of amides is 1. The molecule has 2 aliphatic rings. The van der Waals surface area contributed by atoms with Gasteiger partial charge in [-0.1, -0.05) is 13.3 Å². The van der Waals surface area contributed by atoms with Crippen LogP contribution < -0.4 is 5.32 Å². The maximum absolute atomic E-state index is 11.9. The van der Waals surface area contributed by atoms with Crippen LogP contribution in [0.5, 0.6) is 0 Å². The van der Waals surface area contributed by atoms with E-state index in [0.717, 1.165) is 18.8 Å². The Morgan fingerprint density at radius 1 is 1.47 bits per heavy atom. The number of carbonyl (C=O) groups excluding carboxylic acids is 1. The van der Waals surface area contributed by atoms with E-state index in [-0.39, 0.29) is 11.3 Å². The summed E-state index contributed by atoms with van der Waals surface area (Å²) >= 11 is 5.98. The minimum Gasteiger partial charge on any atom is -0.354 e. The van der Waals surface area contributed by atoms with E-state index in [1.165, 1.54) is 19.3 Å². The Hall–Kier alpha value is -0.240. The van der Waals surface area contributed by atoms with Crippen molar-refractivity contribution in [3.05, 3.63) is 0 Å². The van der Waals surface area contributed by atoms with Gasteiger partial charge in [0.15, 0.2) is 0 Å². The number of nitrogens with one attached hydrogen (secondary N) is 1. The van der Waals surface area contributed by atoms with Gasteiger partial charge in [0.25, 0.3) is 0 Å². The van der Waals surface area contributed by atoms with E-state index in [1.807, 2.05) is 6.92 Å². The summed E-state index contributed by atoms with van der Waals surface area (Å²) < 4.78 is 0. The Labute approximate surface area is 96.8 Å². The smallest absolute Gasteiger partial charge is 0.223 e. The van der Waals surface area contributed by atoms with Gasteiger partial charge in [-0.3, -0.25) is 4.79 Å². The summed E-state index contributed by atoms with van der Waals surface area (Å²) in [7, 11) is 0. The zero-order valence-corrected chi connectivity index (χ0v) is 10.1. The highest BCUT2D eigenvalue weighted by Crippen LogP contribution is 2.48. The number of carbonyl (C=O) groups is 1. The van der Waals surface area contributed by atoms with Crippen molar-refractivity contribution in [1.29, 1.82) is 0 Å². The van der Waals surface area contributed by atoms with Gasteiger partial charge in [0.2, 0.25) is 5.91 Å². The van der Waals surface area contributed by atoms with Crippen LogP contribution in [-0.2, 0) is 4.79 Å². The highest BCUT2D eigenvalue weighted by molar-refractivity contribution is 6.20. The predicted molar refractivity (Wildman–Crippen MR) is 61.9 cm³/mol. The molecule has 3 heteroatoms. The fraction of sp³-hybridized carbons (Fsp3) is 0.917. The molecule has 2 nitrogen and oxygen atoms in total. The highest BCUT2D eigenvalue weighted by Gasteiger charge is 2.42. The standard InChI is InChI=1S/C12H20ClNO/c1-2-10(13)7-14-12(15)11-6-8-3-4-9(11)5-8/h8-11H,2-7H2,1H3,(H,14,15). The van der Waals surface area contributed by atoms with Crippen LogP contribution in [-0.4, -0.2) is 17.8 Å². The number of halogens is 1. The minimum atomic E-state index is 0.0903. The third kappa shape index (κ3) is 2.47. The predicted octanol–water partition coefficient (Wildman–Crippen LogP) is 2.56. The summed E-state index contributed by atoms with van der Waals surface area (Å²) in [6.45, 7) is 2.67. The van der Waals surface area contributed by atoms with Crippen LogP contribution in [0.25, 0.3) is 0 Å². The van der Waals surface area contributed by atoms with Crippen LogP contribution in [0.4, 0.5) is 0 Å². The summed E-state index contributed by atoms with van der Waals surface area (Å²) in [5, 5.41) is 3.08. The highest BCUT2D eigenvalue weighted by atomic mass is 35.5. The molecular formula is C12H20ClNO. The molecule has 0 aliphatic heterocycles. The number of hydrogen-bond acceptors (Lipinski definition) is 1. The lowest BCUT2D eigenvalue weighted by Gasteiger charge is -2.21. The van der Waals surface area contributed by atoms with Gasteiger partial charge >= 0.3 is 0 Å². The summed E-state index contributed by atoms with van der Waals surface area (Å²) in [4.78, 5) is 11.9. The van der Waals surface area contributed by atoms with E-state index in [4.69, 9.17) is 11.6 Å². The fourth-order valence-corrected chi connectivity index (χ4v) is 3.13. The second-order valence-electron chi connectivity index (χ2n) is 5.03. The minimum absolute atomic E-state index is 0.0903. The first-order valence-electron chi connectivity index (χ1n) is 6.12. The SMILES string of the molecule is CCC(Cl)CNC(=O)C1CC2CCC1C2. The number of rotatable bonds is 4. The molecule has 1 amide bonds. The molecule has 0 spiro atoms. The summed E-state index contributed by atoms with van der Waals surface area (Å²) in [5.74, 6) is 2.06. The van der Waals surface area contributed by atoms with Crippen LogP contribution in [0.2, 0.25) is 0 Å². The Balaban J connectivity index is 1.77. The molecule has 0 saturated heterocycles. The van der Waals surface area contributed by atoms with Crippen molar-refractivity contribution in [3.8, 4) is 0 Å². The van der Waals surface area contributed by atoms with Crippen molar-refractivity contribution in [2.75, 3.05) is 6.54 Å². The first-order valence-corrected chi connectivity index (χ1v) is 6.56. The lowest BCUT2D eigenvalue weighted by Crippen LogP contribution is -2.36. The monoisotopic (exact) mass is 229 g/mol. The molecule has 0 aromatic heterocycles. The lowest BCUT2D eigenvalue weighted by molar-refractivity contribution is -0.126. The average molecular weight is 230 g/mol. The van der Waals surface area contributed by atoms with Crippen molar-refractivity contribution >= 4 is 17.5 Å². The summed E-state index contributed by atoms with van der Waals surface area (Å²) in [6, 6.07) is 0. The van der Waals surface area contributed by atoms with Crippen LogP contribution >= 0.6 is 11.6 Å².